The highest BCUT2D eigenvalue weighted by Gasteiger charge is 2.27. The summed E-state index contributed by atoms with van der Waals surface area (Å²) < 4.78 is 53.2. The molecule has 0 spiro atoms. The van der Waals surface area contributed by atoms with E-state index >= 15 is 0 Å². The number of nitrogens with one attached hydrogen (secondary N) is 2. The summed E-state index contributed by atoms with van der Waals surface area (Å²) in [5, 5.41) is 5.42. The number of unbranched alkanes of at least 4 members (excludes halogenated alkanes) is 1. The molecule has 14 heteroatoms. The summed E-state index contributed by atoms with van der Waals surface area (Å²) >= 11 is 0. The molecule has 0 unspecified atom stereocenters. The molecular weight excluding hydrogens is 618 g/mol. The molecule has 2 heterocycles. The lowest BCUT2D eigenvalue weighted by molar-refractivity contribution is -0.0515. The van der Waals surface area contributed by atoms with Crippen LogP contribution < -0.4 is 20.1 Å². The van der Waals surface area contributed by atoms with Crippen molar-refractivity contribution < 1.29 is 46.5 Å². The number of esters is 1. The van der Waals surface area contributed by atoms with Gasteiger partial charge in [-0.3, -0.25) is 4.79 Å². The number of carbonyl (C=O) groups excluding carboxylic acids is 3. The van der Waals surface area contributed by atoms with Crippen LogP contribution >= 0.6 is 0 Å². The number of hydrogen-bond acceptors (Lipinski definition) is 10. The summed E-state index contributed by atoms with van der Waals surface area (Å²) in [5.41, 5.74) is -0.132. The van der Waals surface area contributed by atoms with E-state index in [1.807, 2.05) is 6.92 Å². The Labute approximate surface area is 271 Å². The highest BCUT2D eigenvalue weighted by Crippen LogP contribution is 2.37. The number of halogens is 2. The second-order valence-corrected chi connectivity index (χ2v) is 12.1. The molecule has 4 rings (SSSR count). The molecule has 1 aliphatic rings. The van der Waals surface area contributed by atoms with Crippen LogP contribution in [0.3, 0.4) is 0 Å². The van der Waals surface area contributed by atoms with E-state index in [4.69, 9.17) is 18.6 Å². The van der Waals surface area contributed by atoms with Gasteiger partial charge in [0, 0.05) is 5.56 Å². The van der Waals surface area contributed by atoms with Gasteiger partial charge in [-0.1, -0.05) is 19.4 Å². The highest BCUT2D eigenvalue weighted by molar-refractivity contribution is 5.94. The minimum absolute atomic E-state index is 0.00711. The fourth-order valence-electron chi connectivity index (χ4n) is 4.25. The van der Waals surface area contributed by atoms with Gasteiger partial charge in [-0.05, 0) is 83.2 Å². The minimum atomic E-state index is -3.05. The van der Waals surface area contributed by atoms with Crippen molar-refractivity contribution in [3.63, 3.8) is 0 Å². The summed E-state index contributed by atoms with van der Waals surface area (Å²) in [6.45, 7) is 6.19. The monoisotopic (exact) mass is 658 g/mol. The molecule has 12 nitrogen and oxygen atoms in total. The van der Waals surface area contributed by atoms with Crippen LogP contribution in [0.4, 0.5) is 13.6 Å². The van der Waals surface area contributed by atoms with E-state index in [2.05, 4.69) is 25.3 Å². The predicted molar refractivity (Wildman–Crippen MR) is 165 cm³/mol. The number of ether oxygens (including phenoxy) is 4. The van der Waals surface area contributed by atoms with Gasteiger partial charge in [0.2, 0.25) is 5.89 Å². The summed E-state index contributed by atoms with van der Waals surface area (Å²) in [4.78, 5) is 46.7. The third-order valence-electron chi connectivity index (χ3n) is 6.77. The molecule has 0 aliphatic heterocycles. The van der Waals surface area contributed by atoms with Crippen molar-refractivity contribution in [2.75, 3.05) is 13.2 Å². The lowest BCUT2D eigenvalue weighted by Crippen LogP contribution is -2.34. The Morgan fingerprint density at radius 1 is 1.06 bits per heavy atom. The minimum Gasteiger partial charge on any atom is -0.489 e. The lowest BCUT2D eigenvalue weighted by Gasteiger charge is -2.21. The Morgan fingerprint density at radius 3 is 2.49 bits per heavy atom. The van der Waals surface area contributed by atoms with Gasteiger partial charge >= 0.3 is 18.7 Å². The standard InChI is InChI=1S/C33H40F2N4O8/c1-6-7-15-43-30(41)23-10-8-9-22(38-23)28(40)36-17-24-27(19(2)37-32(42)47-33(3,4)5)46-29(39-24)21-13-14-25(45-31(34)35)26(16-21)44-18-20-11-12-20/h8-10,13-14,16,19-20,31H,6-7,11-12,15,17-18H2,1-5H3,(H,36,40)(H,37,42)/t19-/m0/s1. The van der Waals surface area contributed by atoms with Gasteiger partial charge in [0.25, 0.3) is 5.91 Å². The van der Waals surface area contributed by atoms with Gasteiger partial charge in [0.1, 0.15) is 22.7 Å². The first-order valence-electron chi connectivity index (χ1n) is 15.5. The van der Waals surface area contributed by atoms with Crippen LogP contribution in [0.25, 0.3) is 11.5 Å². The number of alkyl carbamates (subject to hydrolysis) is 1. The smallest absolute Gasteiger partial charge is 0.408 e. The number of hydrogen-bond donors (Lipinski definition) is 2. The number of aromatic nitrogens is 2. The van der Waals surface area contributed by atoms with Crippen LogP contribution in [0.2, 0.25) is 0 Å². The first-order chi connectivity index (χ1) is 22.3. The van der Waals surface area contributed by atoms with Gasteiger partial charge < -0.3 is 34.0 Å². The first-order valence-corrected chi connectivity index (χ1v) is 15.5. The molecule has 1 aliphatic carbocycles. The van der Waals surface area contributed by atoms with Gasteiger partial charge in [0.05, 0.1) is 25.8 Å². The van der Waals surface area contributed by atoms with Crippen molar-refractivity contribution in [3.8, 4) is 23.0 Å². The third kappa shape index (κ3) is 10.6. The molecule has 2 N–H and O–H groups in total. The summed E-state index contributed by atoms with van der Waals surface area (Å²) in [7, 11) is 0. The molecular formula is C33H40F2N4O8. The number of oxazole rings is 1. The van der Waals surface area contributed by atoms with Gasteiger partial charge in [0.15, 0.2) is 17.3 Å². The van der Waals surface area contributed by atoms with E-state index in [1.165, 1.54) is 36.4 Å². The van der Waals surface area contributed by atoms with Crippen LogP contribution in [0.1, 0.15) is 98.8 Å². The van der Waals surface area contributed by atoms with E-state index in [0.29, 0.717) is 24.5 Å². The Kier molecular flexibility index (Phi) is 11.7. The van der Waals surface area contributed by atoms with Crippen LogP contribution in [0.15, 0.2) is 40.8 Å². The Morgan fingerprint density at radius 2 is 1.81 bits per heavy atom. The largest absolute Gasteiger partial charge is 0.489 e. The third-order valence-corrected chi connectivity index (χ3v) is 6.77. The maximum Gasteiger partial charge on any atom is 0.408 e. The molecule has 1 aromatic carbocycles. The van der Waals surface area contributed by atoms with Crippen LogP contribution in [-0.4, -0.2) is 53.4 Å². The van der Waals surface area contributed by atoms with Crippen LogP contribution in [0, 0.1) is 5.92 Å². The van der Waals surface area contributed by atoms with Gasteiger partial charge in [-0.2, -0.15) is 8.78 Å². The van der Waals surface area contributed by atoms with Crippen molar-refractivity contribution in [3.05, 3.63) is 59.2 Å². The molecule has 47 heavy (non-hydrogen) atoms. The van der Waals surface area contributed by atoms with Crippen molar-refractivity contribution in [2.24, 2.45) is 5.92 Å². The summed E-state index contributed by atoms with van der Waals surface area (Å²) in [6, 6.07) is 7.98. The molecule has 254 valence electrons. The molecule has 1 saturated carbocycles. The van der Waals surface area contributed by atoms with Crippen molar-refractivity contribution in [1.29, 1.82) is 0 Å². The van der Waals surface area contributed by atoms with Crippen LogP contribution in [-0.2, 0) is 16.0 Å². The zero-order chi connectivity index (χ0) is 34.1. The highest BCUT2D eigenvalue weighted by atomic mass is 19.3. The Hall–Kier alpha value is -4.75. The molecule has 1 atom stereocenters. The predicted octanol–water partition coefficient (Wildman–Crippen LogP) is 6.60. The average molecular weight is 659 g/mol. The van der Waals surface area contributed by atoms with Crippen molar-refractivity contribution >= 4 is 18.0 Å². The normalized spacial score (nSPS) is 13.5. The molecule has 2 aromatic heterocycles. The fourth-order valence-corrected chi connectivity index (χ4v) is 4.25. The number of pyridine rings is 1. The topological polar surface area (TPSA) is 151 Å². The van der Waals surface area contributed by atoms with E-state index in [1.54, 1.807) is 27.7 Å². The maximum atomic E-state index is 13.1. The molecule has 0 saturated heterocycles. The number of alkyl halides is 2. The van der Waals surface area contributed by atoms with Crippen molar-refractivity contribution in [2.45, 2.75) is 85.1 Å². The maximum absolute atomic E-state index is 13.1. The number of carbonyl (C=O) groups is 3. The van der Waals surface area contributed by atoms with E-state index < -0.39 is 36.2 Å². The molecule has 0 radical (unpaired) electrons. The Bertz CT molecular complexity index is 1550. The SMILES string of the molecule is CCCCOC(=O)c1cccc(C(=O)NCc2nc(-c3ccc(OC(F)F)c(OCC4CC4)c3)oc2[C@H](C)NC(=O)OC(C)(C)C)n1. The second-order valence-electron chi connectivity index (χ2n) is 12.1. The summed E-state index contributed by atoms with van der Waals surface area (Å²) in [5.74, 6) is -0.623. The molecule has 1 fully saturated rings. The molecule has 2 amide bonds. The zero-order valence-corrected chi connectivity index (χ0v) is 27.1. The number of amides is 2. The number of benzene rings is 1. The number of rotatable bonds is 15. The van der Waals surface area contributed by atoms with E-state index in [-0.39, 0.29) is 53.4 Å². The fraction of sp³-hybridized carbons (Fsp3) is 0.485. The average Bonchev–Trinajstić information content (AvgIpc) is 3.74. The molecule has 3 aromatic rings. The van der Waals surface area contributed by atoms with Gasteiger partial charge in [-0.25, -0.2) is 19.6 Å². The Balaban J connectivity index is 1.58. The molecule has 0 bridgehead atoms. The van der Waals surface area contributed by atoms with Crippen molar-refractivity contribution in [1.82, 2.24) is 20.6 Å². The second kappa shape index (κ2) is 15.7. The zero-order valence-electron chi connectivity index (χ0n) is 27.1. The number of nitrogens with zero attached hydrogens (tertiary/aromatic N) is 2. The van der Waals surface area contributed by atoms with E-state index in [0.717, 1.165) is 19.3 Å². The lowest BCUT2D eigenvalue weighted by atomic mass is 10.2. The van der Waals surface area contributed by atoms with Crippen LogP contribution in [0.5, 0.6) is 11.5 Å². The quantitative estimate of drug-likeness (QED) is 0.135. The van der Waals surface area contributed by atoms with Gasteiger partial charge in [-0.15, -0.1) is 0 Å². The first kappa shape index (κ1) is 35.1. The summed E-state index contributed by atoms with van der Waals surface area (Å²) in [6.07, 6.45) is 2.85. The van der Waals surface area contributed by atoms with E-state index in [9.17, 15) is 23.2 Å².